The molecular weight excluding hydrogens is 413 g/mol. The molecule has 2 aromatic rings. The molecule has 0 bridgehead atoms. The maximum atomic E-state index is 13.2. The first-order valence-corrected chi connectivity index (χ1v) is 9.43. The standard InChI is InChI=1S/C21H21ClFN3O4/c1-21(2)25-19(12-5-7-13(23)8-6-12)20(28)26(21)11-18(27)24-15-9-14(22)16(29-3)10-17(15)30-4/h5-10H,11H2,1-4H3,(H,24,27). The Morgan fingerprint density at radius 2 is 1.80 bits per heavy atom. The van der Waals surface area contributed by atoms with Crippen LogP contribution in [-0.4, -0.2) is 48.9 Å². The van der Waals surface area contributed by atoms with Crippen molar-refractivity contribution in [3.8, 4) is 11.5 Å². The van der Waals surface area contributed by atoms with Gasteiger partial charge in [-0.15, -0.1) is 0 Å². The Bertz CT molecular complexity index is 1020. The number of rotatable bonds is 6. The molecule has 0 saturated heterocycles. The molecule has 0 radical (unpaired) electrons. The molecule has 2 amide bonds. The van der Waals surface area contributed by atoms with Crippen LogP contribution in [0.4, 0.5) is 10.1 Å². The van der Waals surface area contributed by atoms with Crippen molar-refractivity contribution < 1.29 is 23.5 Å². The number of ether oxygens (including phenoxy) is 2. The van der Waals surface area contributed by atoms with E-state index in [4.69, 9.17) is 21.1 Å². The third-order valence-electron chi connectivity index (χ3n) is 4.66. The number of anilines is 1. The van der Waals surface area contributed by atoms with Crippen molar-refractivity contribution in [1.82, 2.24) is 4.90 Å². The molecular formula is C21H21ClFN3O4. The number of methoxy groups -OCH3 is 2. The van der Waals surface area contributed by atoms with Crippen LogP contribution in [-0.2, 0) is 9.59 Å². The Balaban J connectivity index is 1.78. The molecule has 1 N–H and O–H groups in total. The van der Waals surface area contributed by atoms with E-state index >= 15 is 0 Å². The average molecular weight is 434 g/mol. The Morgan fingerprint density at radius 3 is 2.40 bits per heavy atom. The van der Waals surface area contributed by atoms with Gasteiger partial charge >= 0.3 is 0 Å². The third kappa shape index (κ3) is 4.23. The SMILES string of the molecule is COc1cc(OC)c(NC(=O)CN2C(=O)C(c3ccc(F)cc3)=NC2(C)C)cc1Cl. The minimum Gasteiger partial charge on any atom is -0.495 e. The minimum absolute atomic E-state index is 0.179. The van der Waals surface area contributed by atoms with Crippen LogP contribution in [0, 0.1) is 5.82 Å². The number of hydrogen-bond acceptors (Lipinski definition) is 5. The Morgan fingerprint density at radius 1 is 1.17 bits per heavy atom. The van der Waals surface area contributed by atoms with E-state index in [-0.39, 0.29) is 12.3 Å². The summed E-state index contributed by atoms with van der Waals surface area (Å²) in [5.41, 5.74) is 0.0658. The predicted molar refractivity (Wildman–Crippen MR) is 112 cm³/mol. The average Bonchev–Trinajstić information content (AvgIpc) is 2.92. The number of halogens is 2. The highest BCUT2D eigenvalue weighted by molar-refractivity contribution is 6.47. The molecule has 0 aliphatic carbocycles. The molecule has 1 aliphatic heterocycles. The number of amides is 2. The van der Waals surface area contributed by atoms with Gasteiger partial charge in [-0.2, -0.15) is 0 Å². The van der Waals surface area contributed by atoms with Crippen LogP contribution < -0.4 is 14.8 Å². The first-order valence-electron chi connectivity index (χ1n) is 9.05. The summed E-state index contributed by atoms with van der Waals surface area (Å²) in [4.78, 5) is 31.4. The number of benzene rings is 2. The van der Waals surface area contributed by atoms with Gasteiger partial charge in [0.1, 0.15) is 35.2 Å². The summed E-state index contributed by atoms with van der Waals surface area (Å²) < 4.78 is 23.6. The van der Waals surface area contributed by atoms with Crippen LogP contribution in [0.25, 0.3) is 0 Å². The van der Waals surface area contributed by atoms with Crippen LogP contribution in [0.15, 0.2) is 41.4 Å². The van der Waals surface area contributed by atoms with Crippen LogP contribution in [0.3, 0.4) is 0 Å². The van der Waals surface area contributed by atoms with Crippen molar-refractivity contribution in [2.75, 3.05) is 26.1 Å². The number of nitrogens with zero attached hydrogens (tertiary/aromatic N) is 2. The molecule has 158 valence electrons. The van der Waals surface area contributed by atoms with E-state index in [1.807, 2.05) is 0 Å². The zero-order valence-corrected chi connectivity index (χ0v) is 17.7. The number of hydrogen-bond donors (Lipinski definition) is 1. The summed E-state index contributed by atoms with van der Waals surface area (Å²) in [7, 11) is 2.92. The molecule has 2 aromatic carbocycles. The fraction of sp³-hybridized carbons (Fsp3) is 0.286. The van der Waals surface area contributed by atoms with Gasteiger partial charge in [0.05, 0.1) is 24.9 Å². The van der Waals surface area contributed by atoms with E-state index in [2.05, 4.69) is 10.3 Å². The number of nitrogens with one attached hydrogen (secondary N) is 1. The van der Waals surface area contributed by atoms with Crippen molar-refractivity contribution in [2.45, 2.75) is 19.5 Å². The quantitative estimate of drug-likeness (QED) is 0.756. The van der Waals surface area contributed by atoms with Gasteiger partial charge in [-0.05, 0) is 44.2 Å². The lowest BCUT2D eigenvalue weighted by atomic mass is 10.1. The van der Waals surface area contributed by atoms with E-state index < -0.39 is 23.3 Å². The summed E-state index contributed by atoms with van der Waals surface area (Å²) in [5, 5.41) is 3.00. The van der Waals surface area contributed by atoms with Gasteiger partial charge in [0.2, 0.25) is 5.91 Å². The van der Waals surface area contributed by atoms with E-state index in [0.29, 0.717) is 27.8 Å². The zero-order chi connectivity index (χ0) is 22.1. The largest absolute Gasteiger partial charge is 0.495 e. The van der Waals surface area contributed by atoms with Crippen LogP contribution in [0.1, 0.15) is 19.4 Å². The second kappa shape index (κ2) is 8.31. The molecule has 0 aromatic heterocycles. The molecule has 1 heterocycles. The molecule has 7 nitrogen and oxygen atoms in total. The Hall–Kier alpha value is -3.13. The molecule has 3 rings (SSSR count). The zero-order valence-electron chi connectivity index (χ0n) is 17.0. The molecule has 1 aliphatic rings. The van der Waals surface area contributed by atoms with E-state index in [9.17, 15) is 14.0 Å². The van der Waals surface area contributed by atoms with E-state index in [1.165, 1.54) is 49.5 Å². The van der Waals surface area contributed by atoms with Crippen molar-refractivity contribution in [1.29, 1.82) is 0 Å². The fourth-order valence-electron chi connectivity index (χ4n) is 3.11. The van der Waals surface area contributed by atoms with E-state index in [0.717, 1.165) is 0 Å². The van der Waals surface area contributed by atoms with Crippen LogP contribution in [0.2, 0.25) is 5.02 Å². The maximum Gasteiger partial charge on any atom is 0.275 e. The number of aliphatic imine (C=N–C) groups is 1. The number of carbonyl (C=O) groups excluding carboxylic acids is 2. The van der Waals surface area contributed by atoms with Gasteiger partial charge in [-0.1, -0.05) is 11.6 Å². The third-order valence-corrected chi connectivity index (χ3v) is 4.96. The highest BCUT2D eigenvalue weighted by Gasteiger charge is 2.41. The summed E-state index contributed by atoms with van der Waals surface area (Å²) in [5.74, 6) is -0.514. The van der Waals surface area contributed by atoms with Gasteiger partial charge < -0.3 is 19.7 Å². The van der Waals surface area contributed by atoms with E-state index in [1.54, 1.807) is 19.9 Å². The van der Waals surface area contributed by atoms with Crippen molar-refractivity contribution in [2.24, 2.45) is 4.99 Å². The molecule has 0 fully saturated rings. The molecule has 0 atom stereocenters. The predicted octanol–water partition coefficient (Wildman–Crippen LogP) is 3.50. The first-order chi connectivity index (χ1) is 14.2. The molecule has 0 saturated carbocycles. The van der Waals surface area contributed by atoms with Crippen molar-refractivity contribution in [3.63, 3.8) is 0 Å². The van der Waals surface area contributed by atoms with Gasteiger partial charge in [0, 0.05) is 11.6 Å². The highest BCUT2D eigenvalue weighted by atomic mass is 35.5. The van der Waals surface area contributed by atoms with Gasteiger partial charge in [0.25, 0.3) is 5.91 Å². The number of carbonyl (C=O) groups is 2. The summed E-state index contributed by atoms with van der Waals surface area (Å²) in [6.45, 7) is 3.20. The monoisotopic (exact) mass is 433 g/mol. The van der Waals surface area contributed by atoms with Gasteiger partial charge in [-0.3, -0.25) is 14.6 Å². The lowest BCUT2D eigenvalue weighted by molar-refractivity contribution is -0.131. The highest BCUT2D eigenvalue weighted by Crippen LogP contribution is 2.36. The van der Waals surface area contributed by atoms with Crippen molar-refractivity contribution >= 4 is 34.8 Å². The lowest BCUT2D eigenvalue weighted by Gasteiger charge is -2.29. The summed E-state index contributed by atoms with van der Waals surface area (Å²) in [6.07, 6.45) is 0. The van der Waals surface area contributed by atoms with Crippen molar-refractivity contribution in [3.05, 3.63) is 52.8 Å². The normalized spacial score (nSPS) is 15.1. The maximum absolute atomic E-state index is 13.2. The van der Waals surface area contributed by atoms with Crippen LogP contribution >= 0.6 is 11.6 Å². The molecule has 0 spiro atoms. The van der Waals surface area contributed by atoms with Crippen LogP contribution in [0.5, 0.6) is 11.5 Å². The second-order valence-corrected chi connectivity index (χ2v) is 7.50. The lowest BCUT2D eigenvalue weighted by Crippen LogP contribution is -2.46. The Kier molecular flexibility index (Phi) is 5.98. The molecule has 9 heteroatoms. The fourth-order valence-corrected chi connectivity index (χ4v) is 3.35. The van der Waals surface area contributed by atoms with Gasteiger partial charge in [0.15, 0.2) is 0 Å². The topological polar surface area (TPSA) is 80.2 Å². The summed E-state index contributed by atoms with van der Waals surface area (Å²) >= 11 is 6.14. The molecule has 0 unspecified atom stereocenters. The first kappa shape index (κ1) is 21.6. The Labute approximate surface area is 178 Å². The summed E-state index contributed by atoms with van der Waals surface area (Å²) in [6, 6.07) is 8.54. The second-order valence-electron chi connectivity index (χ2n) is 7.09. The minimum atomic E-state index is -0.945. The smallest absolute Gasteiger partial charge is 0.275 e. The molecule has 30 heavy (non-hydrogen) atoms. The van der Waals surface area contributed by atoms with Gasteiger partial charge in [-0.25, -0.2) is 4.39 Å².